The molecule has 0 aliphatic carbocycles. The van der Waals surface area contributed by atoms with Crippen LogP contribution in [0.2, 0.25) is 0 Å². The van der Waals surface area contributed by atoms with Crippen LogP contribution in [0.1, 0.15) is 23.7 Å². The van der Waals surface area contributed by atoms with Crippen molar-refractivity contribution in [2.75, 3.05) is 0 Å². The van der Waals surface area contributed by atoms with Crippen LogP contribution < -0.4 is 4.74 Å². The van der Waals surface area contributed by atoms with Crippen LogP contribution in [0, 0.1) is 11.3 Å². The number of aldehydes is 1. The molecule has 1 atom stereocenters. The van der Waals surface area contributed by atoms with E-state index in [0.29, 0.717) is 17.7 Å². The van der Waals surface area contributed by atoms with E-state index in [4.69, 9.17) is 10.00 Å². The Morgan fingerprint density at radius 3 is 2.78 bits per heavy atom. The quantitative estimate of drug-likeness (QED) is 0.769. The highest BCUT2D eigenvalue weighted by Gasteiger charge is 2.12. The van der Waals surface area contributed by atoms with Crippen molar-refractivity contribution < 1.29 is 9.53 Å². The second kappa shape index (κ2) is 5.33. The number of fused-ring (bicyclic) bond motifs is 1. The number of carbonyl (C=O) groups excluding carboxylic acids is 1. The smallest absolute Gasteiger partial charge is 0.184 e. The third-order valence-electron chi connectivity index (χ3n) is 2.83. The molecule has 2 aromatic rings. The second-order valence-corrected chi connectivity index (χ2v) is 3.96. The molecule has 0 saturated carbocycles. The maximum atomic E-state index is 11.2. The van der Waals surface area contributed by atoms with Crippen molar-refractivity contribution in [1.82, 2.24) is 0 Å². The largest absolute Gasteiger partial charge is 0.475 e. The summed E-state index contributed by atoms with van der Waals surface area (Å²) in [6.07, 6.45) is 0.841. The Morgan fingerprint density at radius 1 is 1.33 bits per heavy atom. The zero-order valence-electron chi connectivity index (χ0n) is 10.1. The van der Waals surface area contributed by atoms with Gasteiger partial charge in [0.2, 0.25) is 0 Å². The van der Waals surface area contributed by atoms with Gasteiger partial charge >= 0.3 is 0 Å². The van der Waals surface area contributed by atoms with Crippen LogP contribution in [0.3, 0.4) is 0 Å². The Kier molecular flexibility index (Phi) is 3.59. The average molecular weight is 239 g/mol. The first-order valence-electron chi connectivity index (χ1n) is 5.83. The molecule has 18 heavy (non-hydrogen) atoms. The maximum absolute atomic E-state index is 11.2. The number of hydrogen-bond acceptors (Lipinski definition) is 3. The van der Waals surface area contributed by atoms with Gasteiger partial charge in [-0.05, 0) is 23.3 Å². The highest BCUT2D eigenvalue weighted by atomic mass is 16.5. The van der Waals surface area contributed by atoms with Crippen LogP contribution in [0.25, 0.3) is 10.8 Å². The molecule has 0 radical (unpaired) electrons. The van der Waals surface area contributed by atoms with Crippen LogP contribution in [-0.4, -0.2) is 12.4 Å². The Morgan fingerprint density at radius 2 is 2.11 bits per heavy atom. The third kappa shape index (κ3) is 2.18. The first-order valence-corrected chi connectivity index (χ1v) is 5.83. The minimum absolute atomic E-state index is 0.470. The second-order valence-electron chi connectivity index (χ2n) is 3.96. The van der Waals surface area contributed by atoms with E-state index in [2.05, 4.69) is 6.07 Å². The zero-order valence-corrected chi connectivity index (χ0v) is 10.1. The van der Waals surface area contributed by atoms with Gasteiger partial charge in [0.15, 0.2) is 12.4 Å². The molecule has 0 fully saturated rings. The van der Waals surface area contributed by atoms with Gasteiger partial charge in [0.05, 0.1) is 5.56 Å². The SMILES string of the molecule is CCC(C#N)Oc1ccc2ccccc2c1C=O. The number of benzene rings is 2. The normalized spacial score (nSPS) is 11.8. The molecule has 3 heteroatoms. The van der Waals surface area contributed by atoms with E-state index in [9.17, 15) is 4.79 Å². The van der Waals surface area contributed by atoms with Crippen molar-refractivity contribution >= 4 is 17.1 Å². The van der Waals surface area contributed by atoms with E-state index in [1.165, 1.54) is 0 Å². The van der Waals surface area contributed by atoms with E-state index < -0.39 is 6.10 Å². The number of rotatable bonds is 4. The van der Waals surface area contributed by atoms with Crippen LogP contribution >= 0.6 is 0 Å². The lowest BCUT2D eigenvalue weighted by atomic mass is 10.0. The van der Waals surface area contributed by atoms with Gasteiger partial charge in [0.25, 0.3) is 0 Å². The van der Waals surface area contributed by atoms with Gasteiger partial charge < -0.3 is 4.74 Å². The standard InChI is InChI=1S/C15H13NO2/c1-2-12(9-16)18-15-8-7-11-5-3-4-6-13(11)14(15)10-17/h3-8,10,12H,2H2,1H3. The summed E-state index contributed by atoms with van der Waals surface area (Å²) in [5.74, 6) is 0.470. The van der Waals surface area contributed by atoms with Crippen molar-refractivity contribution in [3.05, 3.63) is 42.0 Å². The van der Waals surface area contributed by atoms with E-state index in [-0.39, 0.29) is 0 Å². The summed E-state index contributed by atoms with van der Waals surface area (Å²) in [5, 5.41) is 10.7. The Balaban J connectivity index is 2.52. The fourth-order valence-electron chi connectivity index (χ4n) is 1.85. The summed E-state index contributed by atoms with van der Waals surface area (Å²) in [5.41, 5.74) is 0.502. The molecule has 0 aromatic heterocycles. The summed E-state index contributed by atoms with van der Waals surface area (Å²) in [4.78, 5) is 11.2. The topological polar surface area (TPSA) is 50.1 Å². The number of ether oxygens (including phenoxy) is 1. The van der Waals surface area contributed by atoms with Gasteiger partial charge in [-0.2, -0.15) is 5.26 Å². The zero-order chi connectivity index (χ0) is 13.0. The number of hydrogen-bond donors (Lipinski definition) is 0. The predicted octanol–water partition coefficient (Wildman–Crippen LogP) is 3.33. The lowest BCUT2D eigenvalue weighted by molar-refractivity contribution is 0.111. The molecule has 1 unspecified atom stereocenters. The summed E-state index contributed by atoms with van der Waals surface area (Å²) in [7, 11) is 0. The van der Waals surface area contributed by atoms with Crippen LogP contribution in [0.4, 0.5) is 0 Å². The first-order chi connectivity index (χ1) is 8.80. The highest BCUT2D eigenvalue weighted by Crippen LogP contribution is 2.27. The van der Waals surface area contributed by atoms with Gasteiger partial charge in [0, 0.05) is 0 Å². The number of carbonyl (C=O) groups is 1. The lowest BCUT2D eigenvalue weighted by Crippen LogP contribution is -2.13. The summed E-state index contributed by atoms with van der Waals surface area (Å²) >= 11 is 0. The third-order valence-corrected chi connectivity index (χ3v) is 2.83. The minimum Gasteiger partial charge on any atom is -0.475 e. The van der Waals surface area contributed by atoms with Crippen molar-refractivity contribution in [2.24, 2.45) is 0 Å². The van der Waals surface area contributed by atoms with E-state index >= 15 is 0 Å². The van der Waals surface area contributed by atoms with Crippen LogP contribution in [0.15, 0.2) is 36.4 Å². The molecular formula is C15H13NO2. The summed E-state index contributed by atoms with van der Waals surface area (Å²) < 4.78 is 5.55. The predicted molar refractivity (Wildman–Crippen MR) is 69.7 cm³/mol. The fourth-order valence-corrected chi connectivity index (χ4v) is 1.85. The van der Waals surface area contributed by atoms with E-state index in [1.54, 1.807) is 6.07 Å². The number of nitrogens with zero attached hydrogens (tertiary/aromatic N) is 1. The molecule has 90 valence electrons. The summed E-state index contributed by atoms with van der Waals surface area (Å²) in [6, 6.07) is 13.3. The minimum atomic E-state index is -0.523. The molecule has 0 spiro atoms. The molecule has 2 rings (SSSR count). The van der Waals surface area contributed by atoms with Crippen molar-refractivity contribution in [1.29, 1.82) is 5.26 Å². The molecule has 0 N–H and O–H groups in total. The molecule has 0 aliphatic heterocycles. The van der Waals surface area contributed by atoms with Gasteiger partial charge in [0.1, 0.15) is 11.8 Å². The molecular weight excluding hydrogens is 226 g/mol. The van der Waals surface area contributed by atoms with Crippen molar-refractivity contribution in [3.63, 3.8) is 0 Å². The van der Waals surface area contributed by atoms with Gasteiger partial charge in [-0.15, -0.1) is 0 Å². The molecule has 0 amide bonds. The average Bonchev–Trinajstić information content (AvgIpc) is 2.44. The molecule has 0 aliphatic rings. The Labute approximate surface area is 106 Å². The maximum Gasteiger partial charge on any atom is 0.184 e. The van der Waals surface area contributed by atoms with Crippen molar-refractivity contribution in [2.45, 2.75) is 19.4 Å². The molecule has 0 heterocycles. The van der Waals surface area contributed by atoms with Crippen molar-refractivity contribution in [3.8, 4) is 11.8 Å². The number of nitriles is 1. The molecule has 0 saturated heterocycles. The van der Waals surface area contributed by atoms with E-state index in [0.717, 1.165) is 17.1 Å². The molecule has 3 nitrogen and oxygen atoms in total. The van der Waals surface area contributed by atoms with Crippen LogP contribution in [0.5, 0.6) is 5.75 Å². The van der Waals surface area contributed by atoms with Gasteiger partial charge in [-0.3, -0.25) is 4.79 Å². The van der Waals surface area contributed by atoms with Gasteiger partial charge in [-0.25, -0.2) is 0 Å². The highest BCUT2D eigenvalue weighted by molar-refractivity contribution is 6.00. The Bertz CT molecular complexity index is 613. The summed E-state index contributed by atoms with van der Waals surface area (Å²) in [6.45, 7) is 1.87. The lowest BCUT2D eigenvalue weighted by Gasteiger charge is -2.13. The molecule has 2 aromatic carbocycles. The first kappa shape index (κ1) is 12.1. The fraction of sp³-hybridized carbons (Fsp3) is 0.200. The monoisotopic (exact) mass is 239 g/mol. The molecule has 0 bridgehead atoms. The van der Waals surface area contributed by atoms with Crippen LogP contribution in [-0.2, 0) is 0 Å². The van der Waals surface area contributed by atoms with Gasteiger partial charge in [-0.1, -0.05) is 37.3 Å². The van der Waals surface area contributed by atoms with E-state index in [1.807, 2.05) is 37.3 Å². The Hall–Kier alpha value is -2.34.